The molecule has 25 heavy (non-hydrogen) atoms. The third-order valence-corrected chi connectivity index (χ3v) is 6.96. The van der Waals surface area contributed by atoms with E-state index in [0.29, 0.717) is 32.7 Å². The minimum Gasteiger partial charge on any atom is -0.383 e. The number of nitrogens with zero attached hydrogens (tertiary/aromatic N) is 4. The van der Waals surface area contributed by atoms with Crippen LogP contribution in [0.2, 0.25) is 0 Å². The molecule has 8 nitrogen and oxygen atoms in total. The second-order valence-corrected chi connectivity index (χ2v) is 9.06. The fourth-order valence-corrected chi connectivity index (χ4v) is 5.10. The van der Waals surface area contributed by atoms with E-state index in [1.165, 1.54) is 4.68 Å². The highest BCUT2D eigenvalue weighted by molar-refractivity contribution is 7.89. The number of methoxy groups -OCH3 is 1. The Kier molecular flexibility index (Phi) is 5.65. The van der Waals surface area contributed by atoms with Gasteiger partial charge < -0.3 is 4.74 Å². The largest absolute Gasteiger partial charge is 0.383 e. The van der Waals surface area contributed by atoms with Gasteiger partial charge in [-0.2, -0.15) is 5.10 Å². The minimum absolute atomic E-state index is 0.0162. The standard InChI is InChI=1S/C16H28N4O4S/c1-3-11-25(22,23)18-8-4-5-13(12-18)15-17-19(9-10-24-2)16(21)20(15)14-6-7-14/h13-14H,3-12H2,1-2H3. The lowest BCUT2D eigenvalue weighted by atomic mass is 9.99. The highest BCUT2D eigenvalue weighted by Crippen LogP contribution is 2.37. The molecular formula is C16H28N4O4S. The van der Waals surface area contributed by atoms with Crippen molar-refractivity contribution in [3.05, 3.63) is 16.3 Å². The summed E-state index contributed by atoms with van der Waals surface area (Å²) in [7, 11) is -1.62. The first-order chi connectivity index (χ1) is 12.0. The molecule has 2 aliphatic rings. The van der Waals surface area contributed by atoms with Crippen molar-refractivity contribution in [3.8, 4) is 0 Å². The lowest BCUT2D eigenvalue weighted by Crippen LogP contribution is -2.41. The van der Waals surface area contributed by atoms with Crippen LogP contribution < -0.4 is 5.69 Å². The Morgan fingerprint density at radius 2 is 2.04 bits per heavy atom. The van der Waals surface area contributed by atoms with Crippen molar-refractivity contribution in [1.82, 2.24) is 18.7 Å². The van der Waals surface area contributed by atoms with E-state index in [-0.39, 0.29) is 23.4 Å². The Labute approximate surface area is 148 Å². The molecule has 3 rings (SSSR count). The van der Waals surface area contributed by atoms with Crippen LogP contribution in [0, 0.1) is 0 Å². The van der Waals surface area contributed by atoms with Gasteiger partial charge in [-0.1, -0.05) is 6.92 Å². The van der Waals surface area contributed by atoms with Gasteiger partial charge >= 0.3 is 5.69 Å². The smallest absolute Gasteiger partial charge is 0.346 e. The van der Waals surface area contributed by atoms with Crippen LogP contribution in [0.5, 0.6) is 0 Å². The van der Waals surface area contributed by atoms with Gasteiger partial charge in [-0.3, -0.25) is 4.57 Å². The molecule has 0 spiro atoms. The highest BCUT2D eigenvalue weighted by Gasteiger charge is 2.36. The van der Waals surface area contributed by atoms with Crippen LogP contribution in [0.3, 0.4) is 0 Å². The van der Waals surface area contributed by atoms with Crippen LogP contribution in [0.25, 0.3) is 0 Å². The first-order valence-electron chi connectivity index (χ1n) is 9.14. The Bertz CT molecular complexity index is 751. The molecule has 0 bridgehead atoms. The maximum Gasteiger partial charge on any atom is 0.346 e. The average Bonchev–Trinajstić information content (AvgIpc) is 3.37. The van der Waals surface area contributed by atoms with E-state index >= 15 is 0 Å². The van der Waals surface area contributed by atoms with Crippen LogP contribution in [0.4, 0.5) is 0 Å². The lowest BCUT2D eigenvalue weighted by Gasteiger charge is -2.31. The molecule has 1 saturated carbocycles. The predicted octanol–water partition coefficient (Wildman–Crippen LogP) is 0.945. The molecular weight excluding hydrogens is 344 g/mol. The molecule has 1 aromatic heterocycles. The summed E-state index contributed by atoms with van der Waals surface area (Å²) in [5, 5.41) is 4.56. The van der Waals surface area contributed by atoms with Crippen LogP contribution in [-0.2, 0) is 21.3 Å². The quantitative estimate of drug-likeness (QED) is 0.678. The average molecular weight is 372 g/mol. The molecule has 2 heterocycles. The Morgan fingerprint density at radius 1 is 1.28 bits per heavy atom. The minimum atomic E-state index is -3.22. The van der Waals surface area contributed by atoms with E-state index in [9.17, 15) is 13.2 Å². The van der Waals surface area contributed by atoms with Gasteiger partial charge in [0.15, 0.2) is 0 Å². The summed E-state index contributed by atoms with van der Waals surface area (Å²) in [6.45, 7) is 3.73. The summed E-state index contributed by atoms with van der Waals surface area (Å²) in [4.78, 5) is 12.7. The second-order valence-electron chi connectivity index (χ2n) is 6.97. The van der Waals surface area contributed by atoms with Gasteiger partial charge in [0, 0.05) is 32.2 Å². The number of sulfonamides is 1. The molecule has 1 saturated heterocycles. The zero-order valence-electron chi connectivity index (χ0n) is 15.1. The molecule has 0 N–H and O–H groups in total. The van der Waals surface area contributed by atoms with Gasteiger partial charge in [0.1, 0.15) is 5.82 Å². The van der Waals surface area contributed by atoms with E-state index < -0.39 is 10.0 Å². The Morgan fingerprint density at radius 3 is 2.68 bits per heavy atom. The number of hydrogen-bond acceptors (Lipinski definition) is 5. The SMILES string of the molecule is CCCS(=O)(=O)N1CCCC(c2nn(CCOC)c(=O)n2C2CC2)C1. The molecule has 9 heteroatoms. The summed E-state index contributed by atoms with van der Waals surface area (Å²) in [5.74, 6) is 0.912. The molecule has 0 radical (unpaired) electrons. The van der Waals surface area contributed by atoms with Crippen molar-refractivity contribution >= 4 is 10.0 Å². The number of piperidine rings is 1. The van der Waals surface area contributed by atoms with Crippen molar-refractivity contribution in [1.29, 1.82) is 0 Å². The van der Waals surface area contributed by atoms with Crippen molar-refractivity contribution in [3.63, 3.8) is 0 Å². The van der Waals surface area contributed by atoms with E-state index in [2.05, 4.69) is 5.10 Å². The normalized spacial score (nSPS) is 22.4. The molecule has 0 aromatic carbocycles. The molecule has 142 valence electrons. The molecule has 1 aliphatic carbocycles. The van der Waals surface area contributed by atoms with E-state index in [4.69, 9.17) is 4.74 Å². The predicted molar refractivity (Wildman–Crippen MR) is 94.3 cm³/mol. The summed E-state index contributed by atoms with van der Waals surface area (Å²) >= 11 is 0. The first kappa shape index (κ1) is 18.6. The number of aromatic nitrogens is 3. The monoisotopic (exact) mass is 372 g/mol. The number of hydrogen-bond donors (Lipinski definition) is 0. The van der Waals surface area contributed by atoms with Gasteiger partial charge in [-0.25, -0.2) is 22.2 Å². The van der Waals surface area contributed by atoms with E-state index in [1.807, 2.05) is 6.92 Å². The van der Waals surface area contributed by atoms with E-state index in [0.717, 1.165) is 31.5 Å². The molecule has 0 amide bonds. The molecule has 1 atom stereocenters. The summed E-state index contributed by atoms with van der Waals surface area (Å²) in [5.41, 5.74) is -0.0944. The van der Waals surface area contributed by atoms with Crippen molar-refractivity contribution in [2.24, 2.45) is 0 Å². The fourth-order valence-electron chi connectivity index (χ4n) is 3.51. The third-order valence-electron chi connectivity index (χ3n) is 4.92. The van der Waals surface area contributed by atoms with Gasteiger partial charge in [-0.15, -0.1) is 0 Å². The maximum absolute atomic E-state index is 12.7. The van der Waals surface area contributed by atoms with Crippen LogP contribution in [-0.4, -0.2) is 59.6 Å². The van der Waals surface area contributed by atoms with Crippen molar-refractivity contribution < 1.29 is 13.2 Å². The first-order valence-corrected chi connectivity index (χ1v) is 10.7. The van der Waals surface area contributed by atoms with Gasteiger partial charge in [-0.05, 0) is 32.1 Å². The molecule has 1 aliphatic heterocycles. The summed E-state index contributed by atoms with van der Waals surface area (Å²) in [6.07, 6.45) is 4.27. The fraction of sp³-hybridized carbons (Fsp3) is 0.875. The van der Waals surface area contributed by atoms with Crippen LogP contribution in [0.1, 0.15) is 56.8 Å². The number of rotatable bonds is 8. The van der Waals surface area contributed by atoms with Crippen LogP contribution >= 0.6 is 0 Å². The molecule has 1 aromatic rings. The highest BCUT2D eigenvalue weighted by atomic mass is 32.2. The van der Waals surface area contributed by atoms with Crippen LogP contribution in [0.15, 0.2) is 4.79 Å². The summed E-state index contributed by atoms with van der Waals surface area (Å²) in [6, 6.07) is 0.224. The zero-order valence-corrected chi connectivity index (χ0v) is 15.9. The Balaban J connectivity index is 1.86. The Hall–Kier alpha value is -1.19. The van der Waals surface area contributed by atoms with E-state index in [1.54, 1.807) is 16.0 Å². The molecule has 2 fully saturated rings. The summed E-state index contributed by atoms with van der Waals surface area (Å²) < 4.78 is 34.8. The number of ether oxygens (including phenoxy) is 1. The van der Waals surface area contributed by atoms with Gasteiger partial charge in [0.05, 0.1) is 18.9 Å². The third kappa shape index (κ3) is 3.98. The zero-order chi connectivity index (χ0) is 18.0. The molecule has 1 unspecified atom stereocenters. The topological polar surface area (TPSA) is 86.4 Å². The van der Waals surface area contributed by atoms with Crippen molar-refractivity contribution in [2.45, 2.75) is 57.5 Å². The maximum atomic E-state index is 12.7. The van der Waals surface area contributed by atoms with Gasteiger partial charge in [0.2, 0.25) is 10.0 Å². The van der Waals surface area contributed by atoms with Crippen molar-refractivity contribution in [2.75, 3.05) is 32.6 Å². The lowest BCUT2D eigenvalue weighted by molar-refractivity contribution is 0.182. The van der Waals surface area contributed by atoms with Gasteiger partial charge in [0.25, 0.3) is 0 Å². The second kappa shape index (κ2) is 7.59.